The minimum absolute atomic E-state index is 0.484. The van der Waals surface area contributed by atoms with Gasteiger partial charge in [-0.3, -0.25) is 4.68 Å². The Bertz CT molecular complexity index is 492. The molecule has 0 saturated carbocycles. The van der Waals surface area contributed by atoms with Crippen LogP contribution >= 0.6 is 11.6 Å². The normalized spacial score (nSPS) is 10.7. The summed E-state index contributed by atoms with van der Waals surface area (Å²) >= 11 is 5.96. The number of hydrogen-bond acceptors (Lipinski definition) is 3. The molecule has 2 aromatic rings. The highest BCUT2D eigenvalue weighted by Gasteiger charge is 2.06. The lowest BCUT2D eigenvalue weighted by Crippen LogP contribution is -1.96. The molecule has 4 nitrogen and oxygen atoms in total. The van der Waals surface area contributed by atoms with E-state index < -0.39 is 0 Å². The molecule has 2 heterocycles. The zero-order valence-corrected chi connectivity index (χ0v) is 10.1. The minimum Gasteiger partial charge on any atom is -0.275 e. The van der Waals surface area contributed by atoms with Crippen molar-refractivity contribution in [1.29, 1.82) is 0 Å². The van der Waals surface area contributed by atoms with E-state index in [9.17, 15) is 0 Å². The van der Waals surface area contributed by atoms with Crippen molar-refractivity contribution in [2.75, 3.05) is 0 Å². The third kappa shape index (κ3) is 2.39. The van der Waals surface area contributed by atoms with Crippen LogP contribution in [0.5, 0.6) is 0 Å². The molecule has 0 aromatic carbocycles. The summed E-state index contributed by atoms with van der Waals surface area (Å²) in [6.07, 6.45) is 5.53. The van der Waals surface area contributed by atoms with Crippen molar-refractivity contribution in [1.82, 2.24) is 19.7 Å². The van der Waals surface area contributed by atoms with Crippen LogP contribution in [0, 0.1) is 0 Å². The van der Waals surface area contributed by atoms with Crippen LogP contribution in [0.4, 0.5) is 0 Å². The fourth-order valence-corrected chi connectivity index (χ4v) is 1.70. The molecule has 0 unspecified atom stereocenters. The van der Waals surface area contributed by atoms with Crippen molar-refractivity contribution in [3.63, 3.8) is 0 Å². The fraction of sp³-hybridized carbons (Fsp3) is 0.364. The first kappa shape index (κ1) is 11.1. The number of halogens is 1. The lowest BCUT2D eigenvalue weighted by molar-refractivity contribution is 0.768. The van der Waals surface area contributed by atoms with Gasteiger partial charge in [0.05, 0.1) is 11.9 Å². The van der Waals surface area contributed by atoms with Gasteiger partial charge in [0, 0.05) is 31.3 Å². The van der Waals surface area contributed by atoms with E-state index in [4.69, 9.17) is 11.6 Å². The first-order valence-electron chi connectivity index (χ1n) is 5.21. The number of rotatable bonds is 3. The van der Waals surface area contributed by atoms with E-state index in [0.717, 1.165) is 29.9 Å². The van der Waals surface area contributed by atoms with Crippen LogP contribution in [0.2, 0.25) is 5.15 Å². The van der Waals surface area contributed by atoms with Gasteiger partial charge in [0.25, 0.3) is 0 Å². The van der Waals surface area contributed by atoms with E-state index >= 15 is 0 Å². The summed E-state index contributed by atoms with van der Waals surface area (Å²) in [5.41, 5.74) is 1.79. The van der Waals surface area contributed by atoms with Crippen LogP contribution in [-0.4, -0.2) is 19.7 Å². The molecule has 0 bridgehead atoms. The van der Waals surface area contributed by atoms with Crippen molar-refractivity contribution in [2.45, 2.75) is 19.8 Å². The first-order chi connectivity index (χ1) is 7.69. The summed E-state index contributed by atoms with van der Waals surface area (Å²) in [5, 5.41) is 4.60. The van der Waals surface area contributed by atoms with Crippen molar-refractivity contribution in [3.8, 4) is 11.3 Å². The Labute approximate surface area is 99.3 Å². The Kier molecular flexibility index (Phi) is 3.19. The molecule has 0 saturated heterocycles. The molecule has 0 spiro atoms. The average molecular weight is 237 g/mol. The largest absolute Gasteiger partial charge is 0.275 e. The van der Waals surface area contributed by atoms with Gasteiger partial charge >= 0.3 is 0 Å². The van der Waals surface area contributed by atoms with E-state index in [2.05, 4.69) is 22.0 Å². The quantitative estimate of drug-likeness (QED) is 0.769. The molecule has 84 valence electrons. The smallest absolute Gasteiger partial charge is 0.133 e. The van der Waals surface area contributed by atoms with Gasteiger partial charge < -0.3 is 0 Å². The van der Waals surface area contributed by atoms with Gasteiger partial charge in [-0.1, -0.05) is 18.5 Å². The molecule has 0 aliphatic heterocycles. The van der Waals surface area contributed by atoms with Gasteiger partial charge in [0.2, 0.25) is 0 Å². The van der Waals surface area contributed by atoms with Crippen molar-refractivity contribution < 1.29 is 0 Å². The van der Waals surface area contributed by atoms with Crippen LogP contribution in [0.1, 0.15) is 19.2 Å². The lowest BCUT2D eigenvalue weighted by Gasteiger charge is -2.02. The highest BCUT2D eigenvalue weighted by Crippen LogP contribution is 2.19. The molecular weight excluding hydrogens is 224 g/mol. The van der Waals surface area contributed by atoms with Crippen LogP contribution in [0.15, 0.2) is 18.5 Å². The molecule has 2 aromatic heterocycles. The summed E-state index contributed by atoms with van der Waals surface area (Å²) < 4.78 is 1.74. The van der Waals surface area contributed by atoms with Crippen LogP contribution in [0.25, 0.3) is 11.3 Å². The molecule has 5 heteroatoms. The molecule has 0 aliphatic carbocycles. The topological polar surface area (TPSA) is 43.6 Å². The second-order valence-corrected chi connectivity index (χ2v) is 4.03. The van der Waals surface area contributed by atoms with E-state index in [1.54, 1.807) is 16.9 Å². The second-order valence-electron chi connectivity index (χ2n) is 3.64. The third-order valence-electron chi connectivity index (χ3n) is 2.22. The molecular formula is C11H13ClN4. The summed E-state index contributed by atoms with van der Waals surface area (Å²) in [4.78, 5) is 8.64. The van der Waals surface area contributed by atoms with Crippen LogP contribution < -0.4 is 0 Å². The number of hydrogen-bond donors (Lipinski definition) is 0. The zero-order chi connectivity index (χ0) is 11.5. The maximum atomic E-state index is 5.96. The molecule has 0 N–H and O–H groups in total. The van der Waals surface area contributed by atoms with Crippen molar-refractivity contribution in [3.05, 3.63) is 29.4 Å². The van der Waals surface area contributed by atoms with Crippen molar-refractivity contribution >= 4 is 11.6 Å². The van der Waals surface area contributed by atoms with E-state index in [0.29, 0.717) is 5.15 Å². The Morgan fingerprint density at radius 2 is 2.19 bits per heavy atom. The number of aromatic nitrogens is 4. The SMILES string of the molecule is CCCc1nc(Cl)cc(-c2cnn(C)c2)n1. The summed E-state index contributed by atoms with van der Waals surface area (Å²) in [6, 6.07) is 1.76. The Hall–Kier alpha value is -1.42. The Balaban J connectivity index is 2.40. The highest BCUT2D eigenvalue weighted by atomic mass is 35.5. The predicted molar refractivity (Wildman–Crippen MR) is 63.2 cm³/mol. The molecule has 16 heavy (non-hydrogen) atoms. The van der Waals surface area contributed by atoms with Crippen molar-refractivity contribution in [2.24, 2.45) is 7.05 Å². The van der Waals surface area contributed by atoms with Gasteiger partial charge in [0.1, 0.15) is 11.0 Å². The summed E-state index contributed by atoms with van der Waals surface area (Å²) in [7, 11) is 1.87. The maximum absolute atomic E-state index is 5.96. The fourth-order valence-electron chi connectivity index (χ4n) is 1.50. The monoisotopic (exact) mass is 236 g/mol. The maximum Gasteiger partial charge on any atom is 0.133 e. The predicted octanol–water partition coefficient (Wildman–Crippen LogP) is 2.48. The van der Waals surface area contributed by atoms with Gasteiger partial charge in [-0.15, -0.1) is 0 Å². The third-order valence-corrected chi connectivity index (χ3v) is 2.41. The van der Waals surface area contributed by atoms with Crippen LogP contribution in [-0.2, 0) is 13.5 Å². The first-order valence-corrected chi connectivity index (χ1v) is 5.59. The summed E-state index contributed by atoms with van der Waals surface area (Å²) in [5.74, 6) is 0.786. The molecule has 0 atom stereocenters. The Morgan fingerprint density at radius 3 is 2.81 bits per heavy atom. The molecule has 0 radical (unpaired) electrons. The molecule has 0 amide bonds. The molecule has 2 rings (SSSR count). The second kappa shape index (κ2) is 4.61. The summed E-state index contributed by atoms with van der Waals surface area (Å²) in [6.45, 7) is 2.09. The average Bonchev–Trinajstić information content (AvgIpc) is 2.64. The van der Waals surface area contributed by atoms with Crippen LogP contribution in [0.3, 0.4) is 0 Å². The zero-order valence-electron chi connectivity index (χ0n) is 9.31. The molecule has 0 fully saturated rings. The molecule has 0 aliphatic rings. The Morgan fingerprint density at radius 1 is 1.38 bits per heavy atom. The van der Waals surface area contributed by atoms with E-state index in [1.165, 1.54) is 0 Å². The number of aryl methyl sites for hydroxylation is 2. The van der Waals surface area contributed by atoms with Gasteiger partial charge in [-0.25, -0.2) is 9.97 Å². The number of nitrogens with zero attached hydrogens (tertiary/aromatic N) is 4. The van der Waals surface area contributed by atoms with Gasteiger partial charge in [0.15, 0.2) is 0 Å². The standard InChI is InChI=1S/C11H13ClN4/c1-3-4-11-14-9(5-10(12)15-11)8-6-13-16(2)7-8/h5-7H,3-4H2,1-2H3. The van der Waals surface area contributed by atoms with Gasteiger partial charge in [-0.05, 0) is 6.42 Å². The minimum atomic E-state index is 0.484. The van der Waals surface area contributed by atoms with E-state index in [-0.39, 0.29) is 0 Å². The van der Waals surface area contributed by atoms with Gasteiger partial charge in [-0.2, -0.15) is 5.10 Å². The van der Waals surface area contributed by atoms with E-state index in [1.807, 2.05) is 13.2 Å². The lowest BCUT2D eigenvalue weighted by atomic mass is 10.2. The highest BCUT2D eigenvalue weighted by molar-refractivity contribution is 6.29.